The zero-order valence-corrected chi connectivity index (χ0v) is 39.4. The normalized spacial score (nSPS) is 19.9. The molecule has 5 amide bonds. The first-order valence-corrected chi connectivity index (χ1v) is 22.9. The van der Waals surface area contributed by atoms with Gasteiger partial charge in [-0.25, -0.2) is 15.2 Å². The molecule has 0 radical (unpaired) electrons. The lowest BCUT2D eigenvalue weighted by atomic mass is 9.84. The van der Waals surface area contributed by atoms with Gasteiger partial charge in [-0.15, -0.1) is 0 Å². The Morgan fingerprint density at radius 3 is 2.58 bits per heavy atom. The van der Waals surface area contributed by atoms with Crippen molar-refractivity contribution < 1.29 is 38.6 Å². The molecule has 2 aromatic carbocycles. The van der Waals surface area contributed by atoms with Crippen LogP contribution in [-0.2, 0) is 48.2 Å². The van der Waals surface area contributed by atoms with Crippen LogP contribution in [0.4, 0.5) is 4.79 Å². The molecule has 16 heteroatoms. The maximum absolute atomic E-state index is 14.6. The van der Waals surface area contributed by atoms with Gasteiger partial charge in [-0.1, -0.05) is 40.3 Å². The summed E-state index contributed by atoms with van der Waals surface area (Å²) in [5, 5.41) is 14.8. The summed E-state index contributed by atoms with van der Waals surface area (Å²) in [5.41, 5.74) is 12.2. The fraction of sp³-hybridized carbons (Fsp3) is 0.480. The second-order valence-corrected chi connectivity index (χ2v) is 18.9. The molecule has 352 valence electrons. The van der Waals surface area contributed by atoms with Gasteiger partial charge >= 0.3 is 12.0 Å². The Morgan fingerprint density at radius 1 is 1.09 bits per heavy atom. The Kier molecular flexibility index (Phi) is 14.2. The van der Waals surface area contributed by atoms with Gasteiger partial charge < -0.3 is 28.9 Å². The minimum Gasteiger partial charge on any atom is -0.508 e. The van der Waals surface area contributed by atoms with Gasteiger partial charge in [-0.05, 0) is 116 Å². The number of ether oxygens (including phenoxy) is 2. The van der Waals surface area contributed by atoms with Crippen molar-refractivity contribution in [3.05, 3.63) is 84.2 Å². The van der Waals surface area contributed by atoms with Crippen LogP contribution < -0.4 is 10.9 Å². The average Bonchev–Trinajstić information content (AvgIpc) is 3.92. The molecule has 2 fully saturated rings. The summed E-state index contributed by atoms with van der Waals surface area (Å²) in [5.74, 6) is -2.57. The Morgan fingerprint density at radius 2 is 1.86 bits per heavy atom. The highest BCUT2D eigenvalue weighted by Gasteiger charge is 2.40. The van der Waals surface area contributed by atoms with Gasteiger partial charge in [0, 0.05) is 68.4 Å². The molecule has 0 saturated carbocycles. The highest BCUT2D eigenvalue weighted by molar-refractivity contribution is 5.96. The number of carbonyl (C=O) groups excluding carboxylic acids is 5. The van der Waals surface area contributed by atoms with Crippen LogP contribution in [0.15, 0.2) is 67.4 Å². The van der Waals surface area contributed by atoms with Crippen LogP contribution >= 0.6 is 0 Å². The fourth-order valence-corrected chi connectivity index (χ4v) is 9.72. The van der Waals surface area contributed by atoms with Crippen molar-refractivity contribution in [3.8, 4) is 28.1 Å². The van der Waals surface area contributed by atoms with Crippen LogP contribution in [0.25, 0.3) is 33.3 Å². The van der Waals surface area contributed by atoms with E-state index in [1.807, 2.05) is 39.0 Å². The van der Waals surface area contributed by atoms with E-state index in [4.69, 9.17) is 14.5 Å². The molecule has 4 atom stereocenters. The number of methoxy groups -OCH3 is 1. The van der Waals surface area contributed by atoms with E-state index in [0.29, 0.717) is 49.9 Å². The number of benzene rings is 2. The molecule has 3 aliphatic heterocycles. The number of nitrogens with zero attached hydrogens (tertiary/aromatic N) is 6. The van der Waals surface area contributed by atoms with Gasteiger partial charge in [0.2, 0.25) is 11.8 Å². The third-order valence-corrected chi connectivity index (χ3v) is 13.1. The van der Waals surface area contributed by atoms with E-state index in [1.54, 1.807) is 37.4 Å². The highest BCUT2D eigenvalue weighted by atomic mass is 16.5. The minimum atomic E-state index is -0.996. The predicted octanol–water partition coefficient (Wildman–Crippen LogP) is 6.37. The molecular weight excluding hydrogens is 841 g/mol. The lowest BCUT2D eigenvalue weighted by Gasteiger charge is -2.38. The molecule has 4 aromatic rings. The zero-order chi connectivity index (χ0) is 47.6. The number of fused-ring (bicyclic) bond motifs is 6. The smallest absolute Gasteiger partial charge is 0.353 e. The molecule has 0 unspecified atom stereocenters. The maximum atomic E-state index is 14.6. The van der Waals surface area contributed by atoms with Crippen molar-refractivity contribution >= 4 is 40.6 Å². The SMILES string of the molecule is C=CC(=O)N1CC[C@H](C(=O)N(C)[C@H](C(=O)NN2Cc3cc(O)cc(c3)-c3ccc4c(c3)c(c(-c3cccnc3[C@H](C)OC)n4CC)CC(C)(C)COC(=O)[C@@H]3CCCN(N3)C2=O)C(C)C)C1. The van der Waals surface area contributed by atoms with E-state index in [-0.39, 0.29) is 55.8 Å². The Balaban J connectivity index is 1.31. The zero-order valence-electron chi connectivity index (χ0n) is 39.4. The van der Waals surface area contributed by atoms with Crippen LogP contribution in [-0.4, -0.2) is 117 Å². The van der Waals surface area contributed by atoms with Crippen LogP contribution in [0.3, 0.4) is 0 Å². The molecule has 3 N–H and O–H groups in total. The number of likely N-dealkylation sites (tertiary alicyclic amines) is 1. The van der Waals surface area contributed by atoms with E-state index >= 15 is 0 Å². The number of cyclic esters (lactones) is 1. The number of aromatic hydroxyl groups is 1. The number of pyridine rings is 1. The van der Waals surface area contributed by atoms with Gasteiger partial charge in [0.1, 0.15) is 17.8 Å². The highest BCUT2D eigenvalue weighted by Crippen LogP contribution is 2.42. The minimum absolute atomic E-state index is 0.0395. The summed E-state index contributed by atoms with van der Waals surface area (Å²) in [6.07, 6.45) is 4.58. The third kappa shape index (κ3) is 9.80. The molecule has 5 heterocycles. The third-order valence-electron chi connectivity index (χ3n) is 13.1. The first-order valence-electron chi connectivity index (χ1n) is 22.9. The molecular formula is C50H64N8O8. The fourth-order valence-electron chi connectivity index (χ4n) is 9.72. The van der Waals surface area contributed by atoms with Gasteiger partial charge in [0.15, 0.2) is 0 Å². The van der Waals surface area contributed by atoms with E-state index in [1.165, 1.54) is 16.0 Å². The number of carbonyl (C=O) groups is 5. The maximum Gasteiger partial charge on any atom is 0.353 e. The number of urea groups is 1. The van der Waals surface area contributed by atoms with E-state index in [2.05, 4.69) is 61.0 Å². The number of phenols is 1. The molecule has 66 heavy (non-hydrogen) atoms. The number of hydrogen-bond donors (Lipinski definition) is 3. The predicted molar refractivity (Wildman–Crippen MR) is 250 cm³/mol. The van der Waals surface area contributed by atoms with Gasteiger partial charge in [0.25, 0.3) is 5.91 Å². The van der Waals surface area contributed by atoms with Crippen molar-refractivity contribution in [2.45, 2.75) is 98.5 Å². The summed E-state index contributed by atoms with van der Waals surface area (Å²) < 4.78 is 14.2. The van der Waals surface area contributed by atoms with Gasteiger partial charge in [-0.2, -0.15) is 0 Å². The number of rotatable bonds is 10. The Hall–Kier alpha value is -6.26. The second kappa shape index (κ2) is 19.7. The van der Waals surface area contributed by atoms with Crippen molar-refractivity contribution in [2.24, 2.45) is 17.3 Å². The number of likely N-dealkylation sites (N-methyl/N-ethyl adjacent to an activating group) is 1. The van der Waals surface area contributed by atoms with Gasteiger partial charge in [-0.3, -0.25) is 34.6 Å². The number of hydrogen-bond acceptors (Lipinski definition) is 10. The standard InChI is InChI=1S/C50H64N8O8/c1-10-42(60)55-21-18-34(28-55)47(62)54(8)44(30(3)4)46(61)53-58-27-32-22-35(24-36(59)23-32)33-16-17-41-38(25-33)39(45(56(41)11-2)37-14-12-19-51-43(37)31(5)65-9)26-50(6,7)29-66-48(63)40-15-13-20-57(52-40)49(58)64/h10,12,14,16-17,19,22-25,30-31,34,40,44,52,59H,1,11,13,15,18,20-21,26-29H2,2-9H3,(H,53,61)/t31-,34-,40-,44-/m0/s1. The first-order chi connectivity index (χ1) is 31.4. The summed E-state index contributed by atoms with van der Waals surface area (Å²) in [7, 11) is 3.23. The number of amides is 5. The number of phenolic OH excluding ortho intramolecular Hbond substituents is 1. The van der Waals surface area contributed by atoms with Crippen LogP contribution in [0, 0.1) is 17.3 Å². The van der Waals surface area contributed by atoms with Crippen molar-refractivity contribution in [1.82, 2.24) is 40.2 Å². The van der Waals surface area contributed by atoms with E-state index in [9.17, 15) is 29.1 Å². The Bertz CT molecular complexity index is 2520. The molecule has 0 spiro atoms. The van der Waals surface area contributed by atoms with Crippen molar-refractivity contribution in [3.63, 3.8) is 0 Å². The second-order valence-electron chi connectivity index (χ2n) is 18.9. The summed E-state index contributed by atoms with van der Waals surface area (Å²) >= 11 is 0. The average molecular weight is 905 g/mol. The molecule has 2 saturated heterocycles. The topological polar surface area (TPSA) is 179 Å². The number of nitrogens with one attached hydrogen (secondary N) is 2. The van der Waals surface area contributed by atoms with Crippen molar-refractivity contribution in [1.29, 1.82) is 0 Å². The van der Waals surface area contributed by atoms with E-state index in [0.717, 1.165) is 44.0 Å². The van der Waals surface area contributed by atoms with Crippen molar-refractivity contribution in [2.75, 3.05) is 40.4 Å². The van der Waals surface area contributed by atoms with Gasteiger partial charge in [0.05, 0.1) is 36.6 Å². The number of esters is 1. The van der Waals surface area contributed by atoms with E-state index < -0.39 is 41.3 Å². The summed E-state index contributed by atoms with van der Waals surface area (Å²) in [6.45, 7) is 16.8. The monoisotopic (exact) mass is 904 g/mol. The number of aromatic nitrogens is 2. The number of aryl methyl sites for hydroxylation is 1. The van der Waals surface area contributed by atoms with Crippen LogP contribution in [0.5, 0.6) is 5.75 Å². The lowest BCUT2D eigenvalue weighted by Crippen LogP contribution is -2.63. The number of hydrazine groups is 2. The molecule has 2 aromatic heterocycles. The largest absolute Gasteiger partial charge is 0.508 e. The quantitative estimate of drug-likeness (QED) is 0.120. The van der Waals surface area contributed by atoms with Crippen LogP contribution in [0.1, 0.15) is 83.7 Å². The summed E-state index contributed by atoms with van der Waals surface area (Å²) in [6, 6.07) is 12.8. The Labute approximate surface area is 386 Å². The molecule has 3 aliphatic rings. The van der Waals surface area contributed by atoms with Crippen LogP contribution in [0.2, 0.25) is 0 Å². The molecule has 6 bridgehead atoms. The summed E-state index contributed by atoms with van der Waals surface area (Å²) in [4.78, 5) is 77.0. The molecule has 16 nitrogen and oxygen atoms in total. The molecule has 0 aliphatic carbocycles. The molecule has 7 rings (SSSR count). The first kappa shape index (κ1) is 47.7. The lowest BCUT2D eigenvalue weighted by molar-refractivity contribution is -0.152.